The maximum atomic E-state index is 12.1. The van der Waals surface area contributed by atoms with E-state index in [0.717, 1.165) is 39.6 Å². The number of carbonyl (C=O) groups excluding carboxylic acids is 1. The second-order valence-electron chi connectivity index (χ2n) is 6.13. The van der Waals surface area contributed by atoms with Crippen molar-refractivity contribution in [2.75, 3.05) is 10.6 Å². The fraction of sp³-hybridized carbons (Fsp3) is 0.222. The Hall–Kier alpha value is -3.22. The van der Waals surface area contributed by atoms with Crippen molar-refractivity contribution in [3.8, 4) is 11.3 Å². The molecule has 1 aliphatic rings. The van der Waals surface area contributed by atoms with Crippen LogP contribution in [0.3, 0.4) is 0 Å². The van der Waals surface area contributed by atoms with Gasteiger partial charge in [0.15, 0.2) is 0 Å². The Morgan fingerprint density at radius 1 is 1.24 bits per heavy atom. The van der Waals surface area contributed by atoms with Crippen LogP contribution in [0.15, 0.2) is 30.5 Å². The number of para-hydroxylation sites is 1. The second-order valence-corrected chi connectivity index (χ2v) is 6.13. The van der Waals surface area contributed by atoms with E-state index in [1.165, 1.54) is 0 Å². The van der Waals surface area contributed by atoms with Crippen molar-refractivity contribution in [2.24, 2.45) is 7.05 Å². The van der Waals surface area contributed by atoms with Gasteiger partial charge in [0.2, 0.25) is 11.9 Å². The van der Waals surface area contributed by atoms with Crippen LogP contribution in [-0.2, 0) is 18.3 Å². The molecule has 4 rings (SSSR count). The first-order valence-electron chi connectivity index (χ1n) is 8.05. The SMILES string of the molecule is Cc1nn(C)c(C)c1Nc1ncc2c(n1)-c1ccccc1NC(=O)C2. The molecule has 3 aromatic rings. The molecule has 1 aromatic carbocycles. The number of nitrogens with one attached hydrogen (secondary N) is 2. The van der Waals surface area contributed by atoms with Gasteiger partial charge in [0.25, 0.3) is 0 Å². The quantitative estimate of drug-likeness (QED) is 0.753. The summed E-state index contributed by atoms with van der Waals surface area (Å²) in [7, 11) is 1.90. The van der Waals surface area contributed by atoms with Crippen LogP contribution in [0, 0.1) is 13.8 Å². The number of rotatable bonds is 2. The molecule has 2 aromatic heterocycles. The first kappa shape index (κ1) is 15.3. The van der Waals surface area contributed by atoms with E-state index in [1.54, 1.807) is 6.20 Å². The van der Waals surface area contributed by atoms with Crippen LogP contribution in [0.25, 0.3) is 11.3 Å². The normalized spacial score (nSPS) is 12.8. The van der Waals surface area contributed by atoms with Crippen LogP contribution in [0.4, 0.5) is 17.3 Å². The van der Waals surface area contributed by atoms with Gasteiger partial charge >= 0.3 is 0 Å². The largest absolute Gasteiger partial charge is 0.325 e. The van der Waals surface area contributed by atoms with Crippen LogP contribution in [0.5, 0.6) is 0 Å². The average molecular weight is 334 g/mol. The highest BCUT2D eigenvalue weighted by Crippen LogP contribution is 2.33. The summed E-state index contributed by atoms with van der Waals surface area (Å²) in [5, 5.41) is 10.6. The summed E-state index contributed by atoms with van der Waals surface area (Å²) in [5.41, 5.74) is 6.04. The molecule has 1 amide bonds. The maximum Gasteiger partial charge on any atom is 0.228 e. The van der Waals surface area contributed by atoms with Crippen molar-refractivity contribution >= 4 is 23.2 Å². The monoisotopic (exact) mass is 334 g/mol. The molecule has 0 atom stereocenters. The summed E-state index contributed by atoms with van der Waals surface area (Å²) in [4.78, 5) is 21.2. The summed E-state index contributed by atoms with van der Waals surface area (Å²) in [6.07, 6.45) is 1.97. The lowest BCUT2D eigenvalue weighted by molar-refractivity contribution is -0.115. The molecule has 126 valence electrons. The predicted octanol–water partition coefficient (Wildman–Crippen LogP) is 2.73. The third-order valence-corrected chi connectivity index (χ3v) is 4.42. The third-order valence-electron chi connectivity index (χ3n) is 4.42. The first-order valence-corrected chi connectivity index (χ1v) is 8.05. The highest BCUT2D eigenvalue weighted by Gasteiger charge is 2.21. The zero-order valence-corrected chi connectivity index (χ0v) is 14.3. The Bertz CT molecular complexity index is 991. The van der Waals surface area contributed by atoms with Crippen molar-refractivity contribution in [1.82, 2.24) is 19.7 Å². The van der Waals surface area contributed by atoms with Crippen LogP contribution >= 0.6 is 0 Å². The molecule has 0 saturated heterocycles. The summed E-state index contributed by atoms with van der Waals surface area (Å²) in [5.74, 6) is 0.427. The van der Waals surface area contributed by atoms with Gasteiger partial charge in [-0.1, -0.05) is 18.2 Å². The maximum absolute atomic E-state index is 12.1. The number of carbonyl (C=O) groups is 1. The molecule has 0 aliphatic carbocycles. The van der Waals surface area contributed by atoms with Crippen molar-refractivity contribution in [2.45, 2.75) is 20.3 Å². The van der Waals surface area contributed by atoms with E-state index in [1.807, 2.05) is 49.8 Å². The highest BCUT2D eigenvalue weighted by molar-refractivity contribution is 5.99. The molecular weight excluding hydrogens is 316 g/mol. The number of benzene rings is 1. The molecule has 2 N–H and O–H groups in total. The molecule has 0 radical (unpaired) electrons. The van der Waals surface area contributed by atoms with E-state index in [-0.39, 0.29) is 12.3 Å². The predicted molar refractivity (Wildman–Crippen MR) is 95.8 cm³/mol. The minimum Gasteiger partial charge on any atom is -0.325 e. The summed E-state index contributed by atoms with van der Waals surface area (Å²) >= 11 is 0. The van der Waals surface area contributed by atoms with Gasteiger partial charge in [0.05, 0.1) is 34.9 Å². The summed E-state index contributed by atoms with van der Waals surface area (Å²) < 4.78 is 1.82. The Morgan fingerprint density at radius 2 is 2.04 bits per heavy atom. The molecule has 3 heterocycles. The van der Waals surface area contributed by atoms with Crippen LogP contribution < -0.4 is 10.6 Å². The van der Waals surface area contributed by atoms with Gasteiger partial charge in [0, 0.05) is 24.4 Å². The number of aromatic nitrogens is 4. The van der Waals surface area contributed by atoms with Crippen LogP contribution in [0.1, 0.15) is 17.0 Å². The lowest BCUT2D eigenvalue weighted by Crippen LogP contribution is -2.12. The zero-order chi connectivity index (χ0) is 17.6. The van der Waals surface area contributed by atoms with E-state index >= 15 is 0 Å². The number of hydrogen-bond donors (Lipinski definition) is 2. The number of nitrogens with zero attached hydrogens (tertiary/aromatic N) is 4. The van der Waals surface area contributed by atoms with E-state index in [2.05, 4.69) is 25.7 Å². The number of hydrogen-bond acceptors (Lipinski definition) is 5. The smallest absolute Gasteiger partial charge is 0.228 e. The lowest BCUT2D eigenvalue weighted by Gasteiger charge is -2.10. The lowest BCUT2D eigenvalue weighted by atomic mass is 10.1. The van der Waals surface area contributed by atoms with E-state index in [0.29, 0.717) is 5.95 Å². The Morgan fingerprint density at radius 3 is 2.80 bits per heavy atom. The van der Waals surface area contributed by atoms with Crippen LogP contribution in [-0.4, -0.2) is 25.7 Å². The van der Waals surface area contributed by atoms with Gasteiger partial charge in [-0.3, -0.25) is 9.48 Å². The number of amides is 1. The summed E-state index contributed by atoms with van der Waals surface area (Å²) in [6, 6.07) is 7.67. The molecule has 1 aliphatic heterocycles. The number of fused-ring (bicyclic) bond motifs is 3. The molecule has 0 spiro atoms. The van der Waals surface area contributed by atoms with Crippen LogP contribution in [0.2, 0.25) is 0 Å². The van der Waals surface area contributed by atoms with Gasteiger partial charge in [-0.25, -0.2) is 9.97 Å². The number of aryl methyl sites for hydroxylation is 2. The molecule has 0 fully saturated rings. The fourth-order valence-corrected chi connectivity index (χ4v) is 3.06. The highest BCUT2D eigenvalue weighted by atomic mass is 16.1. The second kappa shape index (κ2) is 5.70. The zero-order valence-electron chi connectivity index (χ0n) is 14.3. The molecule has 7 heteroatoms. The van der Waals surface area contributed by atoms with Crippen molar-refractivity contribution in [3.05, 3.63) is 47.4 Å². The molecule has 0 bridgehead atoms. The third kappa shape index (κ3) is 2.63. The Labute approximate surface area is 145 Å². The van der Waals surface area contributed by atoms with Gasteiger partial charge in [0.1, 0.15) is 0 Å². The fourth-order valence-electron chi connectivity index (χ4n) is 3.06. The Kier molecular flexibility index (Phi) is 3.49. The van der Waals surface area contributed by atoms with Crippen molar-refractivity contribution in [1.29, 1.82) is 0 Å². The van der Waals surface area contributed by atoms with Crippen molar-refractivity contribution in [3.63, 3.8) is 0 Å². The van der Waals surface area contributed by atoms with Crippen molar-refractivity contribution < 1.29 is 4.79 Å². The minimum atomic E-state index is -0.0607. The van der Waals surface area contributed by atoms with E-state index in [9.17, 15) is 4.79 Å². The standard InChI is InChI=1S/C18H18N6O/c1-10-16(11(2)24(3)23-10)21-18-19-9-12-8-15(25)20-14-7-5-4-6-13(14)17(12)22-18/h4-7,9H,8H2,1-3H3,(H,20,25)(H,19,21,22). The minimum absolute atomic E-state index is 0.0607. The van der Waals surface area contributed by atoms with E-state index < -0.39 is 0 Å². The van der Waals surface area contributed by atoms with Gasteiger partial charge in [-0.15, -0.1) is 0 Å². The average Bonchev–Trinajstić information content (AvgIpc) is 2.76. The molecule has 0 saturated carbocycles. The molecule has 25 heavy (non-hydrogen) atoms. The molecule has 7 nitrogen and oxygen atoms in total. The van der Waals surface area contributed by atoms with Gasteiger partial charge in [-0.05, 0) is 19.9 Å². The Balaban J connectivity index is 1.80. The number of anilines is 3. The topological polar surface area (TPSA) is 84.7 Å². The molecule has 0 unspecified atom stereocenters. The van der Waals surface area contributed by atoms with Gasteiger partial charge < -0.3 is 10.6 Å². The van der Waals surface area contributed by atoms with E-state index in [4.69, 9.17) is 0 Å². The molecular formula is C18H18N6O. The van der Waals surface area contributed by atoms with Gasteiger partial charge in [-0.2, -0.15) is 5.10 Å². The first-order chi connectivity index (χ1) is 12.0. The summed E-state index contributed by atoms with van der Waals surface area (Å²) in [6.45, 7) is 3.93.